The molecule has 5 nitrogen and oxygen atoms in total. The number of aromatic nitrogens is 5. The number of benzene rings is 4. The highest BCUT2D eigenvalue weighted by atomic mass is 15.4. The molecule has 0 saturated heterocycles. The van der Waals surface area contributed by atoms with E-state index in [9.17, 15) is 0 Å². The van der Waals surface area contributed by atoms with Crippen molar-refractivity contribution < 1.29 is 0 Å². The van der Waals surface area contributed by atoms with Gasteiger partial charge in [0.1, 0.15) is 5.69 Å². The summed E-state index contributed by atoms with van der Waals surface area (Å²) in [6.07, 6.45) is 4.02. The standard InChI is InChI=1S/C19H18N2.C18H17N3/c1-13-11-14-7-3-4-9-16(14)18-19(21(2)12-20-18)17-10-6-5-8-15(13)17;1-12-11-13-7-3-4-9-15(13)18-17(19-20-21(18)2)16-10-6-5-8-14(12)16/h3-10,12-13H,11H2,1-2H3;3-10,12H,11H2,1-2H3. The van der Waals surface area contributed by atoms with Crippen LogP contribution < -0.4 is 0 Å². The Kier molecular flexibility index (Phi) is 6.58. The first kappa shape index (κ1) is 26.1. The van der Waals surface area contributed by atoms with Crippen LogP contribution in [0.5, 0.6) is 0 Å². The van der Waals surface area contributed by atoms with Crippen molar-refractivity contribution in [2.45, 2.75) is 38.5 Å². The van der Waals surface area contributed by atoms with Gasteiger partial charge in [-0.2, -0.15) is 0 Å². The van der Waals surface area contributed by atoms with Crippen LogP contribution >= 0.6 is 0 Å². The van der Waals surface area contributed by atoms with Gasteiger partial charge in [0.2, 0.25) is 0 Å². The van der Waals surface area contributed by atoms with E-state index in [0.29, 0.717) is 11.8 Å². The van der Waals surface area contributed by atoms with E-state index < -0.39 is 0 Å². The molecule has 6 aromatic rings. The molecule has 0 fully saturated rings. The van der Waals surface area contributed by atoms with Crippen molar-refractivity contribution in [1.82, 2.24) is 24.5 Å². The zero-order valence-electron chi connectivity index (χ0n) is 24.6. The number of hydrogen-bond acceptors (Lipinski definition) is 3. The van der Waals surface area contributed by atoms with Crippen LogP contribution in [0.4, 0.5) is 0 Å². The van der Waals surface area contributed by atoms with Crippen molar-refractivity contribution in [1.29, 1.82) is 0 Å². The van der Waals surface area contributed by atoms with E-state index >= 15 is 0 Å². The lowest BCUT2D eigenvalue weighted by Crippen LogP contribution is -2.07. The maximum atomic E-state index is 4.69. The number of nitrogens with zero attached hydrogens (tertiary/aromatic N) is 5. The second kappa shape index (κ2) is 10.6. The van der Waals surface area contributed by atoms with Crippen LogP contribution in [0.25, 0.3) is 45.0 Å². The number of aryl methyl sites for hydroxylation is 2. The molecule has 208 valence electrons. The van der Waals surface area contributed by atoms with Crippen molar-refractivity contribution in [2.24, 2.45) is 14.1 Å². The van der Waals surface area contributed by atoms with Crippen LogP contribution in [0.15, 0.2) is 103 Å². The second-order valence-electron chi connectivity index (χ2n) is 11.7. The van der Waals surface area contributed by atoms with Gasteiger partial charge < -0.3 is 4.57 Å². The van der Waals surface area contributed by atoms with Crippen molar-refractivity contribution in [3.8, 4) is 45.0 Å². The number of imidazole rings is 1. The number of rotatable bonds is 0. The summed E-state index contributed by atoms with van der Waals surface area (Å²) in [5.41, 5.74) is 15.0. The lowest BCUT2D eigenvalue weighted by Gasteiger charge is -2.22. The van der Waals surface area contributed by atoms with E-state index in [1.807, 2.05) is 18.1 Å². The Bertz CT molecular complexity index is 1910. The van der Waals surface area contributed by atoms with Gasteiger partial charge in [-0.05, 0) is 46.9 Å². The molecule has 0 amide bonds. The maximum absolute atomic E-state index is 4.69. The summed E-state index contributed by atoms with van der Waals surface area (Å²) in [5, 5.41) is 8.72. The lowest BCUT2D eigenvalue weighted by atomic mass is 9.83. The predicted molar refractivity (Wildman–Crippen MR) is 170 cm³/mol. The van der Waals surface area contributed by atoms with Crippen LogP contribution in [0, 0.1) is 0 Å². The number of fused-ring (bicyclic) bond motifs is 10. The molecule has 2 aromatic heterocycles. The summed E-state index contributed by atoms with van der Waals surface area (Å²) in [7, 11) is 4.05. The van der Waals surface area contributed by atoms with Gasteiger partial charge in [-0.3, -0.25) is 0 Å². The predicted octanol–water partition coefficient (Wildman–Crippen LogP) is 8.22. The van der Waals surface area contributed by atoms with E-state index in [4.69, 9.17) is 0 Å². The highest BCUT2D eigenvalue weighted by Crippen LogP contribution is 2.42. The first-order valence-corrected chi connectivity index (χ1v) is 14.8. The smallest absolute Gasteiger partial charge is 0.121 e. The van der Waals surface area contributed by atoms with Gasteiger partial charge in [0.25, 0.3) is 0 Å². The number of hydrogen-bond donors (Lipinski definition) is 0. The highest BCUT2D eigenvalue weighted by molar-refractivity contribution is 5.84. The van der Waals surface area contributed by atoms with Crippen molar-refractivity contribution >= 4 is 0 Å². The van der Waals surface area contributed by atoms with Gasteiger partial charge in [-0.25, -0.2) is 9.67 Å². The molecule has 42 heavy (non-hydrogen) atoms. The minimum Gasteiger partial charge on any atom is -0.333 e. The molecule has 0 spiro atoms. The van der Waals surface area contributed by atoms with Gasteiger partial charge in [0, 0.05) is 36.3 Å². The molecule has 2 unspecified atom stereocenters. The van der Waals surface area contributed by atoms with Crippen LogP contribution in [-0.2, 0) is 26.9 Å². The molecule has 2 atom stereocenters. The zero-order chi connectivity index (χ0) is 28.8. The van der Waals surface area contributed by atoms with E-state index in [-0.39, 0.29) is 0 Å². The third-order valence-corrected chi connectivity index (χ3v) is 8.85. The summed E-state index contributed by atoms with van der Waals surface area (Å²) in [5.74, 6) is 0.975. The minimum atomic E-state index is 0.470. The minimum absolute atomic E-state index is 0.470. The second-order valence-corrected chi connectivity index (χ2v) is 11.7. The quantitative estimate of drug-likeness (QED) is 0.192. The molecule has 0 radical (unpaired) electrons. The Labute approximate surface area is 247 Å². The molecule has 8 rings (SSSR count). The summed E-state index contributed by atoms with van der Waals surface area (Å²) in [6, 6.07) is 34.6. The molecule has 0 aliphatic heterocycles. The fraction of sp³-hybridized carbons (Fsp3) is 0.216. The SMILES string of the molecule is CC1Cc2ccccc2-c2c(nnn2C)-c2ccccc21.CC1Cc2ccccc2-c2ncn(C)c2-c2ccccc21. The van der Waals surface area contributed by atoms with Gasteiger partial charge >= 0.3 is 0 Å². The van der Waals surface area contributed by atoms with Gasteiger partial charge in [-0.1, -0.05) is 116 Å². The molecule has 2 aliphatic rings. The molecular weight excluding hydrogens is 514 g/mol. The molecule has 0 bridgehead atoms. The third kappa shape index (κ3) is 4.37. The molecule has 2 heterocycles. The Balaban J connectivity index is 0.000000137. The first-order chi connectivity index (χ1) is 20.5. The molecule has 4 aromatic carbocycles. The van der Waals surface area contributed by atoms with Gasteiger partial charge in [0.05, 0.1) is 23.4 Å². The molecule has 0 N–H and O–H groups in total. The fourth-order valence-electron chi connectivity index (χ4n) is 6.81. The van der Waals surface area contributed by atoms with Crippen molar-refractivity contribution in [2.75, 3.05) is 0 Å². The monoisotopic (exact) mass is 549 g/mol. The Hall–Kier alpha value is -4.77. The highest BCUT2D eigenvalue weighted by Gasteiger charge is 2.26. The van der Waals surface area contributed by atoms with Crippen LogP contribution in [0.3, 0.4) is 0 Å². The van der Waals surface area contributed by atoms with Crippen molar-refractivity contribution in [3.63, 3.8) is 0 Å². The fourth-order valence-corrected chi connectivity index (χ4v) is 6.81. The molecule has 0 saturated carbocycles. The van der Waals surface area contributed by atoms with Gasteiger partial charge in [-0.15, -0.1) is 5.10 Å². The molecule has 2 aliphatic carbocycles. The average Bonchev–Trinajstić information content (AvgIpc) is 3.58. The Morgan fingerprint density at radius 1 is 0.571 bits per heavy atom. The van der Waals surface area contributed by atoms with Gasteiger partial charge in [0.15, 0.2) is 0 Å². The zero-order valence-corrected chi connectivity index (χ0v) is 24.6. The summed E-state index contributed by atoms with van der Waals surface area (Å²) < 4.78 is 4.03. The largest absolute Gasteiger partial charge is 0.333 e. The van der Waals surface area contributed by atoms with Crippen LogP contribution in [-0.4, -0.2) is 24.5 Å². The van der Waals surface area contributed by atoms with E-state index in [1.165, 1.54) is 50.2 Å². The Morgan fingerprint density at radius 3 is 1.79 bits per heavy atom. The summed E-state index contributed by atoms with van der Waals surface area (Å²) >= 11 is 0. The topological polar surface area (TPSA) is 48.5 Å². The van der Waals surface area contributed by atoms with Crippen LogP contribution in [0.2, 0.25) is 0 Å². The average molecular weight is 550 g/mol. The molecule has 5 heteroatoms. The van der Waals surface area contributed by atoms with Crippen LogP contribution in [0.1, 0.15) is 47.9 Å². The normalized spacial score (nSPS) is 16.4. The van der Waals surface area contributed by atoms with Crippen molar-refractivity contribution in [3.05, 3.63) is 126 Å². The lowest BCUT2D eigenvalue weighted by molar-refractivity contribution is 0.719. The first-order valence-electron chi connectivity index (χ1n) is 14.8. The molecular formula is C37H35N5. The Morgan fingerprint density at radius 2 is 1.10 bits per heavy atom. The van der Waals surface area contributed by atoms with E-state index in [0.717, 1.165) is 29.9 Å². The summed E-state index contributed by atoms with van der Waals surface area (Å²) in [6.45, 7) is 4.61. The summed E-state index contributed by atoms with van der Waals surface area (Å²) in [4.78, 5) is 4.69. The van der Waals surface area contributed by atoms with E-state index in [2.05, 4.69) is 138 Å². The maximum Gasteiger partial charge on any atom is 0.121 e. The third-order valence-electron chi connectivity index (χ3n) is 8.85. The van der Waals surface area contributed by atoms with E-state index in [1.54, 1.807) is 0 Å².